The quantitative estimate of drug-likeness (QED) is 0.792. The van der Waals surface area contributed by atoms with Crippen LogP contribution in [0.5, 0.6) is 0 Å². The first-order chi connectivity index (χ1) is 9.72. The maximum Gasteiger partial charge on any atom is 0.233 e. The largest absolute Gasteiger partial charge is 0.379 e. The monoisotopic (exact) mass is 360 g/mol. The molecule has 1 amide bonds. The minimum Gasteiger partial charge on any atom is -0.379 e. The van der Waals surface area contributed by atoms with E-state index in [0.717, 1.165) is 32.7 Å². The first-order valence-corrected chi connectivity index (χ1v) is 8.79. The van der Waals surface area contributed by atoms with E-state index in [1.54, 1.807) is 11.3 Å². The van der Waals surface area contributed by atoms with E-state index in [9.17, 15) is 4.79 Å². The van der Waals surface area contributed by atoms with Crippen molar-refractivity contribution in [3.63, 3.8) is 0 Å². The van der Waals surface area contributed by atoms with Gasteiger partial charge in [-0.15, -0.1) is 11.3 Å². The summed E-state index contributed by atoms with van der Waals surface area (Å²) >= 11 is 5.14. The molecule has 2 heterocycles. The van der Waals surface area contributed by atoms with Crippen molar-refractivity contribution >= 4 is 33.2 Å². The van der Waals surface area contributed by atoms with Crippen LogP contribution in [0.3, 0.4) is 0 Å². The van der Waals surface area contributed by atoms with Crippen LogP contribution in [0, 0.1) is 0 Å². The third-order valence-electron chi connectivity index (χ3n) is 3.47. The van der Waals surface area contributed by atoms with Crippen molar-refractivity contribution in [1.29, 1.82) is 0 Å². The summed E-state index contributed by atoms with van der Waals surface area (Å²) in [4.78, 5) is 15.5. The van der Waals surface area contributed by atoms with Gasteiger partial charge in [0.2, 0.25) is 5.91 Å². The number of amides is 1. The van der Waals surface area contributed by atoms with Gasteiger partial charge in [-0.1, -0.05) is 28.9 Å². The Balaban J connectivity index is 1.98. The zero-order chi connectivity index (χ0) is 14.4. The maximum atomic E-state index is 11.9. The lowest BCUT2D eigenvalue weighted by Gasteiger charge is -2.34. The van der Waals surface area contributed by atoms with Crippen LogP contribution in [0.1, 0.15) is 24.3 Å². The molecule has 0 aliphatic carbocycles. The fourth-order valence-electron chi connectivity index (χ4n) is 2.27. The summed E-state index contributed by atoms with van der Waals surface area (Å²) in [7, 11) is 0. The van der Waals surface area contributed by atoms with E-state index < -0.39 is 0 Å². The van der Waals surface area contributed by atoms with Crippen molar-refractivity contribution in [3.05, 3.63) is 22.4 Å². The summed E-state index contributed by atoms with van der Waals surface area (Å²) in [6.07, 6.45) is 0.799. The number of ether oxygens (including phenoxy) is 1. The second kappa shape index (κ2) is 8.12. The zero-order valence-electron chi connectivity index (χ0n) is 11.7. The van der Waals surface area contributed by atoms with Crippen molar-refractivity contribution in [2.24, 2.45) is 0 Å². The van der Waals surface area contributed by atoms with Crippen LogP contribution in [0.25, 0.3) is 0 Å². The number of morpholine rings is 1. The molecule has 1 N–H and O–H groups in total. The lowest BCUT2D eigenvalue weighted by molar-refractivity contribution is -0.120. The average molecular weight is 361 g/mol. The summed E-state index contributed by atoms with van der Waals surface area (Å²) in [6.45, 7) is 6.03. The minimum atomic E-state index is -0.101. The molecule has 1 saturated heterocycles. The molecule has 0 aromatic carbocycles. The maximum absolute atomic E-state index is 11.9. The van der Waals surface area contributed by atoms with Gasteiger partial charge in [0.05, 0.1) is 24.1 Å². The Morgan fingerprint density at radius 1 is 1.55 bits per heavy atom. The molecule has 20 heavy (non-hydrogen) atoms. The van der Waals surface area contributed by atoms with E-state index in [4.69, 9.17) is 4.74 Å². The third kappa shape index (κ3) is 4.28. The highest BCUT2D eigenvalue weighted by Crippen LogP contribution is 2.25. The van der Waals surface area contributed by atoms with Crippen molar-refractivity contribution in [3.8, 4) is 0 Å². The Hall–Kier alpha value is -0.430. The summed E-state index contributed by atoms with van der Waals surface area (Å²) in [5, 5.41) is 5.14. The Morgan fingerprint density at radius 2 is 2.30 bits per heavy atom. The summed E-state index contributed by atoms with van der Waals surface area (Å²) in [5.41, 5.74) is 0. The van der Waals surface area contributed by atoms with Crippen molar-refractivity contribution < 1.29 is 9.53 Å². The van der Waals surface area contributed by atoms with Crippen LogP contribution in [0.2, 0.25) is 0 Å². The molecule has 0 radical (unpaired) electrons. The van der Waals surface area contributed by atoms with E-state index in [1.165, 1.54) is 4.88 Å². The van der Waals surface area contributed by atoms with Crippen LogP contribution >= 0.6 is 27.3 Å². The number of halogens is 1. The number of hydrogen-bond acceptors (Lipinski definition) is 4. The molecular formula is C14H21BrN2O2S. The molecule has 2 atom stereocenters. The standard InChI is InChI=1S/C14H21BrN2O2S/c1-2-11(15)14(18)16-10-12(13-4-3-9-20-13)17-5-7-19-8-6-17/h3-4,9,11-12H,2,5-8,10H2,1H3,(H,16,18). The van der Waals surface area contributed by atoms with E-state index in [1.807, 2.05) is 6.92 Å². The van der Waals surface area contributed by atoms with Gasteiger partial charge in [-0.25, -0.2) is 0 Å². The number of rotatable bonds is 6. The third-order valence-corrected chi connectivity index (χ3v) is 5.51. The molecule has 112 valence electrons. The molecule has 1 aromatic heterocycles. The SMILES string of the molecule is CCC(Br)C(=O)NCC(c1cccs1)N1CCOCC1. The first-order valence-electron chi connectivity index (χ1n) is 6.99. The van der Waals surface area contributed by atoms with Crippen LogP contribution < -0.4 is 5.32 Å². The molecule has 1 aliphatic rings. The van der Waals surface area contributed by atoms with E-state index in [2.05, 4.69) is 43.7 Å². The molecule has 0 spiro atoms. The van der Waals surface area contributed by atoms with Gasteiger partial charge in [-0.05, 0) is 17.9 Å². The van der Waals surface area contributed by atoms with Crippen molar-refractivity contribution in [1.82, 2.24) is 10.2 Å². The van der Waals surface area contributed by atoms with Gasteiger partial charge in [0.15, 0.2) is 0 Å². The number of carbonyl (C=O) groups is 1. The number of nitrogens with one attached hydrogen (secondary N) is 1. The van der Waals surface area contributed by atoms with Gasteiger partial charge in [-0.3, -0.25) is 9.69 Å². The number of carbonyl (C=O) groups excluding carboxylic acids is 1. The second-order valence-electron chi connectivity index (χ2n) is 4.80. The highest BCUT2D eigenvalue weighted by molar-refractivity contribution is 9.10. The smallest absolute Gasteiger partial charge is 0.233 e. The van der Waals surface area contributed by atoms with Gasteiger partial charge in [0.1, 0.15) is 0 Å². The molecule has 0 saturated carbocycles. The number of alkyl halides is 1. The molecule has 2 rings (SSSR count). The predicted octanol–water partition coefficient (Wildman–Crippen LogP) is 2.41. The Labute approximate surface area is 132 Å². The predicted molar refractivity (Wildman–Crippen MR) is 85.5 cm³/mol. The fraction of sp³-hybridized carbons (Fsp3) is 0.643. The summed E-state index contributed by atoms with van der Waals surface area (Å²) in [5.74, 6) is 0.0716. The molecule has 6 heteroatoms. The van der Waals surface area contributed by atoms with Crippen molar-refractivity contribution in [2.75, 3.05) is 32.8 Å². The average Bonchev–Trinajstić information content (AvgIpc) is 3.01. The molecule has 4 nitrogen and oxygen atoms in total. The number of thiophene rings is 1. The normalized spacial score (nSPS) is 19.5. The van der Waals surface area contributed by atoms with Gasteiger partial charge < -0.3 is 10.1 Å². The van der Waals surface area contributed by atoms with Crippen LogP contribution in [0.4, 0.5) is 0 Å². The van der Waals surface area contributed by atoms with E-state index >= 15 is 0 Å². The molecule has 2 unspecified atom stereocenters. The topological polar surface area (TPSA) is 41.6 Å². The fourth-order valence-corrected chi connectivity index (χ4v) is 3.30. The Morgan fingerprint density at radius 3 is 2.90 bits per heavy atom. The first kappa shape index (κ1) is 15.9. The van der Waals surface area contributed by atoms with Crippen LogP contribution in [0.15, 0.2) is 17.5 Å². The van der Waals surface area contributed by atoms with Crippen LogP contribution in [-0.2, 0) is 9.53 Å². The zero-order valence-corrected chi connectivity index (χ0v) is 14.1. The highest BCUT2D eigenvalue weighted by atomic mass is 79.9. The second-order valence-corrected chi connectivity index (χ2v) is 6.89. The van der Waals surface area contributed by atoms with E-state index in [0.29, 0.717) is 6.54 Å². The van der Waals surface area contributed by atoms with Crippen molar-refractivity contribution in [2.45, 2.75) is 24.2 Å². The molecule has 1 fully saturated rings. The van der Waals surface area contributed by atoms with Gasteiger partial charge in [0.25, 0.3) is 0 Å². The van der Waals surface area contributed by atoms with Gasteiger partial charge >= 0.3 is 0 Å². The lowest BCUT2D eigenvalue weighted by Crippen LogP contribution is -2.44. The summed E-state index contributed by atoms with van der Waals surface area (Å²) in [6, 6.07) is 4.45. The lowest BCUT2D eigenvalue weighted by atomic mass is 10.2. The molecule has 1 aliphatic heterocycles. The molecular weight excluding hydrogens is 340 g/mol. The summed E-state index contributed by atoms with van der Waals surface area (Å²) < 4.78 is 5.42. The Bertz CT molecular complexity index is 407. The Kier molecular flexibility index (Phi) is 6.48. The minimum absolute atomic E-state index is 0.0716. The molecule has 1 aromatic rings. The number of nitrogens with zero attached hydrogens (tertiary/aromatic N) is 1. The van der Waals surface area contributed by atoms with Gasteiger partial charge in [-0.2, -0.15) is 0 Å². The van der Waals surface area contributed by atoms with Crippen LogP contribution in [-0.4, -0.2) is 48.5 Å². The number of hydrogen-bond donors (Lipinski definition) is 1. The highest BCUT2D eigenvalue weighted by Gasteiger charge is 2.24. The van der Waals surface area contributed by atoms with Gasteiger partial charge in [0, 0.05) is 24.5 Å². The van der Waals surface area contributed by atoms with E-state index in [-0.39, 0.29) is 16.8 Å². The molecule has 0 bridgehead atoms.